The average Bonchev–Trinajstić information content (AvgIpc) is 2.74. The van der Waals surface area contributed by atoms with E-state index in [1.807, 2.05) is 43.3 Å². The van der Waals surface area contributed by atoms with E-state index in [0.717, 1.165) is 22.3 Å². The highest BCUT2D eigenvalue weighted by Crippen LogP contribution is 2.37. The molecule has 0 saturated carbocycles. The number of halogens is 1. The number of aromatic nitrogens is 2. The molecule has 0 amide bonds. The fourth-order valence-electron chi connectivity index (χ4n) is 3.18. The van der Waals surface area contributed by atoms with Crippen molar-refractivity contribution in [3.63, 3.8) is 0 Å². The molecule has 0 bridgehead atoms. The number of hydrogen-bond donors (Lipinski definition) is 2. The maximum atomic E-state index is 10.7. The van der Waals surface area contributed by atoms with Gasteiger partial charge in [-0.05, 0) is 47.9 Å². The number of hydrogen-bond acceptors (Lipinski definition) is 5. The van der Waals surface area contributed by atoms with Crippen LogP contribution in [0.5, 0.6) is 11.5 Å². The Kier molecular flexibility index (Phi) is 5.55. The van der Waals surface area contributed by atoms with Crippen molar-refractivity contribution in [3.05, 3.63) is 89.1 Å². The third-order valence-electron chi connectivity index (χ3n) is 4.84. The third kappa shape index (κ3) is 4.21. The zero-order valence-electron chi connectivity index (χ0n) is 16.3. The number of nitrogens with two attached hydrogens (primary N) is 1. The van der Waals surface area contributed by atoms with Crippen LogP contribution in [0.15, 0.2) is 72.9 Å². The number of aryl methyl sites for hydroxylation is 1. The Labute approximate surface area is 179 Å². The maximum Gasteiger partial charge on any atom is 0.220 e. The van der Waals surface area contributed by atoms with Gasteiger partial charge in [0, 0.05) is 28.4 Å². The molecule has 1 aromatic heterocycles. The van der Waals surface area contributed by atoms with Gasteiger partial charge in [-0.2, -0.15) is 0 Å². The normalized spacial score (nSPS) is 10.7. The van der Waals surface area contributed by atoms with Gasteiger partial charge in [0.2, 0.25) is 5.95 Å². The minimum atomic E-state index is 0.0468. The summed E-state index contributed by atoms with van der Waals surface area (Å²) in [6, 6.07) is 20.5. The van der Waals surface area contributed by atoms with E-state index in [-0.39, 0.29) is 11.7 Å². The smallest absolute Gasteiger partial charge is 0.220 e. The van der Waals surface area contributed by atoms with Gasteiger partial charge in [0.1, 0.15) is 18.1 Å². The number of phenols is 1. The Balaban J connectivity index is 1.65. The van der Waals surface area contributed by atoms with E-state index in [1.165, 1.54) is 0 Å². The van der Waals surface area contributed by atoms with Gasteiger partial charge < -0.3 is 15.6 Å². The lowest BCUT2D eigenvalue weighted by atomic mass is 10.00. The van der Waals surface area contributed by atoms with E-state index in [9.17, 15) is 5.11 Å². The van der Waals surface area contributed by atoms with E-state index in [4.69, 9.17) is 22.1 Å². The number of nitrogens with zero attached hydrogens (tertiary/aromatic N) is 2. The lowest BCUT2D eigenvalue weighted by molar-refractivity contribution is 0.303. The van der Waals surface area contributed by atoms with Gasteiger partial charge in [0.05, 0.1) is 5.69 Å². The molecule has 0 unspecified atom stereocenters. The molecule has 150 valence electrons. The number of rotatable bonds is 5. The lowest BCUT2D eigenvalue weighted by Gasteiger charge is -2.13. The molecule has 3 N–H and O–H groups in total. The summed E-state index contributed by atoms with van der Waals surface area (Å²) in [6.45, 7) is 2.46. The van der Waals surface area contributed by atoms with Crippen LogP contribution in [-0.4, -0.2) is 15.1 Å². The summed E-state index contributed by atoms with van der Waals surface area (Å²) < 4.78 is 5.86. The second kappa shape index (κ2) is 8.43. The Hall–Kier alpha value is -3.57. The van der Waals surface area contributed by atoms with Gasteiger partial charge in [-0.1, -0.05) is 48.0 Å². The highest BCUT2D eigenvalue weighted by molar-refractivity contribution is 6.30. The topological polar surface area (TPSA) is 81.3 Å². The summed E-state index contributed by atoms with van der Waals surface area (Å²) in [7, 11) is 0. The SMILES string of the molecule is Cc1ccccc1COc1ccc(-c2nc(N)ncc2-c2ccc(Cl)cc2)c(O)c1. The van der Waals surface area contributed by atoms with E-state index in [2.05, 4.69) is 9.97 Å². The van der Waals surface area contributed by atoms with Crippen molar-refractivity contribution in [1.82, 2.24) is 9.97 Å². The third-order valence-corrected chi connectivity index (χ3v) is 5.09. The summed E-state index contributed by atoms with van der Waals surface area (Å²) in [4.78, 5) is 8.48. The number of phenolic OH excluding ortho intramolecular Hbond substituents is 1. The van der Waals surface area contributed by atoms with Crippen LogP contribution in [-0.2, 0) is 6.61 Å². The number of benzene rings is 3. The zero-order valence-corrected chi connectivity index (χ0v) is 17.1. The summed E-state index contributed by atoms with van der Waals surface area (Å²) in [5, 5.41) is 11.3. The van der Waals surface area contributed by atoms with Crippen LogP contribution in [0.25, 0.3) is 22.4 Å². The monoisotopic (exact) mass is 417 g/mol. The van der Waals surface area contributed by atoms with Crippen molar-refractivity contribution in [2.24, 2.45) is 0 Å². The minimum Gasteiger partial charge on any atom is -0.507 e. The predicted octanol–water partition coefficient (Wildman–Crippen LogP) is 5.64. The first-order chi connectivity index (χ1) is 14.5. The second-order valence-corrected chi connectivity index (χ2v) is 7.33. The number of ether oxygens (including phenoxy) is 1. The van der Waals surface area contributed by atoms with Gasteiger partial charge in [0.25, 0.3) is 0 Å². The largest absolute Gasteiger partial charge is 0.507 e. The van der Waals surface area contributed by atoms with Crippen LogP contribution in [0.4, 0.5) is 5.95 Å². The van der Waals surface area contributed by atoms with Crippen LogP contribution >= 0.6 is 11.6 Å². The molecular formula is C24H20ClN3O2. The Bertz CT molecular complexity index is 1190. The molecule has 0 spiro atoms. The molecule has 4 aromatic rings. The van der Waals surface area contributed by atoms with Gasteiger partial charge in [0.15, 0.2) is 0 Å². The van der Waals surface area contributed by atoms with Gasteiger partial charge >= 0.3 is 0 Å². The van der Waals surface area contributed by atoms with E-state index >= 15 is 0 Å². The molecule has 3 aromatic carbocycles. The summed E-state index contributed by atoms with van der Waals surface area (Å²) in [5.74, 6) is 0.738. The van der Waals surface area contributed by atoms with Crippen molar-refractivity contribution < 1.29 is 9.84 Å². The van der Waals surface area contributed by atoms with Crippen LogP contribution < -0.4 is 10.5 Å². The van der Waals surface area contributed by atoms with Gasteiger partial charge in [-0.25, -0.2) is 9.97 Å². The zero-order chi connectivity index (χ0) is 21.1. The van der Waals surface area contributed by atoms with Crippen molar-refractivity contribution in [2.75, 3.05) is 5.73 Å². The van der Waals surface area contributed by atoms with Crippen molar-refractivity contribution in [2.45, 2.75) is 13.5 Å². The molecule has 0 aliphatic heterocycles. The molecule has 0 atom stereocenters. The van der Waals surface area contributed by atoms with Crippen LogP contribution in [0.1, 0.15) is 11.1 Å². The van der Waals surface area contributed by atoms with Crippen LogP contribution in [0, 0.1) is 6.92 Å². The van der Waals surface area contributed by atoms with Crippen LogP contribution in [0.2, 0.25) is 5.02 Å². The Morgan fingerprint density at radius 1 is 1.00 bits per heavy atom. The highest BCUT2D eigenvalue weighted by atomic mass is 35.5. The van der Waals surface area contributed by atoms with Crippen molar-refractivity contribution >= 4 is 17.5 Å². The van der Waals surface area contributed by atoms with E-state index in [1.54, 1.807) is 36.5 Å². The Morgan fingerprint density at radius 3 is 2.50 bits per heavy atom. The molecule has 6 heteroatoms. The number of anilines is 1. The van der Waals surface area contributed by atoms with Gasteiger partial charge in [-0.15, -0.1) is 0 Å². The molecule has 1 heterocycles. The highest BCUT2D eigenvalue weighted by Gasteiger charge is 2.15. The maximum absolute atomic E-state index is 10.7. The molecule has 0 aliphatic carbocycles. The summed E-state index contributed by atoms with van der Waals surface area (Å²) in [6.07, 6.45) is 1.64. The van der Waals surface area contributed by atoms with E-state index < -0.39 is 0 Å². The number of aromatic hydroxyl groups is 1. The summed E-state index contributed by atoms with van der Waals surface area (Å²) >= 11 is 6.00. The fraction of sp³-hybridized carbons (Fsp3) is 0.0833. The van der Waals surface area contributed by atoms with Crippen molar-refractivity contribution in [3.8, 4) is 33.9 Å². The fourth-order valence-corrected chi connectivity index (χ4v) is 3.30. The first kappa shape index (κ1) is 19.7. The van der Waals surface area contributed by atoms with Crippen LogP contribution in [0.3, 0.4) is 0 Å². The van der Waals surface area contributed by atoms with E-state index in [0.29, 0.717) is 28.6 Å². The lowest BCUT2D eigenvalue weighted by Crippen LogP contribution is -2.00. The minimum absolute atomic E-state index is 0.0468. The molecule has 5 nitrogen and oxygen atoms in total. The quantitative estimate of drug-likeness (QED) is 0.439. The molecule has 0 saturated heterocycles. The summed E-state index contributed by atoms with van der Waals surface area (Å²) in [5.41, 5.74) is 10.8. The van der Waals surface area contributed by atoms with Gasteiger partial charge in [-0.3, -0.25) is 0 Å². The average molecular weight is 418 g/mol. The van der Waals surface area contributed by atoms with Crippen molar-refractivity contribution in [1.29, 1.82) is 0 Å². The molecule has 30 heavy (non-hydrogen) atoms. The number of nitrogen functional groups attached to an aromatic ring is 1. The second-order valence-electron chi connectivity index (χ2n) is 6.89. The first-order valence-corrected chi connectivity index (χ1v) is 9.78. The Morgan fingerprint density at radius 2 is 1.77 bits per heavy atom. The first-order valence-electron chi connectivity index (χ1n) is 9.40. The molecular weight excluding hydrogens is 398 g/mol. The molecule has 0 fully saturated rings. The standard InChI is InChI=1S/C24H20ClN3O2/c1-15-4-2-3-5-17(15)14-30-19-10-11-20(22(29)12-19)23-21(13-27-24(26)28-23)16-6-8-18(25)9-7-16/h2-13,29H,14H2,1H3,(H2,26,27,28). The molecule has 0 radical (unpaired) electrons. The predicted molar refractivity (Wildman–Crippen MR) is 120 cm³/mol. The molecule has 4 rings (SSSR count). The molecule has 0 aliphatic rings.